The Bertz CT molecular complexity index is 689. The highest BCUT2D eigenvalue weighted by atomic mass is 19.4. The molecule has 0 fully saturated rings. The Morgan fingerprint density at radius 2 is 1.95 bits per heavy atom. The second-order valence-corrected chi connectivity index (χ2v) is 3.97. The molecule has 0 aliphatic rings. The molecule has 110 valence electrons. The number of nitrogens with zero attached hydrogens (tertiary/aromatic N) is 2. The maximum atomic E-state index is 12.6. The van der Waals surface area contributed by atoms with Crippen LogP contribution >= 0.6 is 0 Å². The number of aromatic nitrogens is 1. The maximum Gasteiger partial charge on any atom is 0.416 e. The summed E-state index contributed by atoms with van der Waals surface area (Å²) in [5.74, 6) is -0.788. The molecule has 2 aromatic rings. The van der Waals surface area contributed by atoms with Gasteiger partial charge >= 0.3 is 6.18 Å². The molecule has 0 atom stereocenters. The lowest BCUT2D eigenvalue weighted by Crippen LogP contribution is -2.07. The van der Waals surface area contributed by atoms with E-state index in [2.05, 4.69) is 4.98 Å². The first-order valence-electron chi connectivity index (χ1n) is 5.53. The van der Waals surface area contributed by atoms with Gasteiger partial charge in [0.15, 0.2) is 0 Å². The molecule has 0 spiro atoms. The van der Waals surface area contributed by atoms with Crippen LogP contribution in [-0.2, 0) is 6.18 Å². The summed E-state index contributed by atoms with van der Waals surface area (Å²) in [5.41, 5.74) is 4.01. The zero-order valence-corrected chi connectivity index (χ0v) is 10.3. The number of halogens is 3. The molecule has 0 amide bonds. The molecule has 1 aromatic heterocycles. The molecule has 0 radical (unpaired) electrons. The highest BCUT2D eigenvalue weighted by molar-refractivity contribution is 5.42. The second kappa shape index (κ2) is 5.27. The van der Waals surface area contributed by atoms with Gasteiger partial charge in [0.25, 0.3) is 5.69 Å². The maximum absolute atomic E-state index is 12.6. The number of alkyl halides is 3. The minimum atomic E-state index is -4.60. The van der Waals surface area contributed by atoms with Crippen molar-refractivity contribution in [2.45, 2.75) is 6.18 Å². The molecular formula is C12H8F3N3O3. The largest absolute Gasteiger partial charge is 0.439 e. The van der Waals surface area contributed by atoms with Crippen LogP contribution in [-0.4, -0.2) is 9.91 Å². The summed E-state index contributed by atoms with van der Waals surface area (Å²) in [6.45, 7) is 0. The van der Waals surface area contributed by atoms with E-state index in [0.717, 1.165) is 6.07 Å². The number of non-ortho nitro benzene ring substituents is 1. The predicted molar refractivity (Wildman–Crippen MR) is 66.8 cm³/mol. The van der Waals surface area contributed by atoms with Crippen molar-refractivity contribution in [2.75, 3.05) is 5.73 Å². The number of nitro groups is 1. The van der Waals surface area contributed by atoms with E-state index in [9.17, 15) is 23.3 Å². The van der Waals surface area contributed by atoms with Crippen molar-refractivity contribution in [3.63, 3.8) is 0 Å². The van der Waals surface area contributed by atoms with Crippen LogP contribution in [0, 0.1) is 10.1 Å². The fourth-order valence-electron chi connectivity index (χ4n) is 1.52. The summed E-state index contributed by atoms with van der Waals surface area (Å²) in [4.78, 5) is 13.6. The van der Waals surface area contributed by atoms with E-state index in [1.807, 2.05) is 0 Å². The minimum absolute atomic E-state index is 0.0181. The van der Waals surface area contributed by atoms with Gasteiger partial charge in [0.2, 0.25) is 5.88 Å². The first kappa shape index (κ1) is 14.6. The Balaban J connectivity index is 2.33. The zero-order chi connectivity index (χ0) is 15.6. The van der Waals surface area contributed by atoms with Gasteiger partial charge in [-0.3, -0.25) is 10.1 Å². The van der Waals surface area contributed by atoms with Crippen LogP contribution in [0.15, 0.2) is 36.4 Å². The van der Waals surface area contributed by atoms with E-state index in [-0.39, 0.29) is 17.3 Å². The van der Waals surface area contributed by atoms with Crippen molar-refractivity contribution < 1.29 is 22.8 Å². The Hall–Kier alpha value is -2.84. The quantitative estimate of drug-likeness (QED) is 0.693. The number of benzene rings is 1. The predicted octanol–water partition coefficient (Wildman–Crippen LogP) is 3.38. The summed E-state index contributed by atoms with van der Waals surface area (Å²) in [6.07, 6.45) is -4.60. The van der Waals surface area contributed by atoms with Crippen molar-refractivity contribution in [1.29, 1.82) is 0 Å². The topological polar surface area (TPSA) is 91.3 Å². The Morgan fingerprint density at radius 3 is 2.57 bits per heavy atom. The van der Waals surface area contributed by atoms with E-state index < -0.39 is 22.5 Å². The van der Waals surface area contributed by atoms with Crippen molar-refractivity contribution in [3.8, 4) is 11.6 Å². The van der Waals surface area contributed by atoms with Gasteiger partial charge in [-0.05, 0) is 12.1 Å². The molecule has 2 N–H and O–H groups in total. The molecule has 6 nitrogen and oxygen atoms in total. The number of nitrogen functional groups attached to an aromatic ring is 1. The average molecular weight is 299 g/mol. The van der Waals surface area contributed by atoms with E-state index in [4.69, 9.17) is 10.5 Å². The highest BCUT2D eigenvalue weighted by Gasteiger charge is 2.31. The number of pyridine rings is 1. The van der Waals surface area contributed by atoms with Gasteiger partial charge in [0, 0.05) is 12.1 Å². The van der Waals surface area contributed by atoms with Crippen molar-refractivity contribution in [3.05, 3.63) is 52.1 Å². The molecule has 0 saturated heterocycles. The number of hydrogen-bond acceptors (Lipinski definition) is 5. The summed E-state index contributed by atoms with van der Waals surface area (Å²) in [6, 6.07) is 6.31. The van der Waals surface area contributed by atoms with Gasteiger partial charge in [0.1, 0.15) is 11.6 Å². The number of nitro benzene ring substituents is 1. The molecule has 0 aliphatic carbocycles. The van der Waals surface area contributed by atoms with Crippen molar-refractivity contribution in [2.24, 2.45) is 0 Å². The van der Waals surface area contributed by atoms with E-state index in [0.29, 0.717) is 12.1 Å². The van der Waals surface area contributed by atoms with Gasteiger partial charge in [-0.2, -0.15) is 18.2 Å². The Kier molecular flexibility index (Phi) is 3.66. The third-order valence-electron chi connectivity index (χ3n) is 2.40. The second-order valence-electron chi connectivity index (χ2n) is 3.97. The van der Waals surface area contributed by atoms with Gasteiger partial charge in [0.05, 0.1) is 16.6 Å². The van der Waals surface area contributed by atoms with E-state index in [1.165, 1.54) is 18.2 Å². The number of anilines is 1. The lowest BCUT2D eigenvalue weighted by Gasteiger charge is -2.10. The highest BCUT2D eigenvalue weighted by Crippen LogP contribution is 2.33. The zero-order valence-electron chi connectivity index (χ0n) is 10.3. The molecule has 9 heteroatoms. The van der Waals surface area contributed by atoms with Gasteiger partial charge < -0.3 is 10.5 Å². The standard InChI is InChI=1S/C12H8F3N3O3/c13-12(14,15)7-4-10(16)17-11(5-7)21-9-3-1-2-8(6-9)18(19)20/h1-6H,(H2,16,17). The first-order valence-corrected chi connectivity index (χ1v) is 5.53. The van der Waals surface area contributed by atoms with Crippen LogP contribution in [0.1, 0.15) is 5.56 Å². The molecule has 0 unspecified atom stereocenters. The molecular weight excluding hydrogens is 291 g/mol. The van der Waals surface area contributed by atoms with E-state index >= 15 is 0 Å². The number of rotatable bonds is 3. The SMILES string of the molecule is Nc1cc(C(F)(F)F)cc(Oc2cccc([N+](=O)[O-])c2)n1. The molecule has 1 aromatic carbocycles. The lowest BCUT2D eigenvalue weighted by molar-refractivity contribution is -0.384. The van der Waals surface area contributed by atoms with Crippen LogP contribution < -0.4 is 10.5 Å². The molecule has 21 heavy (non-hydrogen) atoms. The van der Waals surface area contributed by atoms with Crippen LogP contribution in [0.4, 0.5) is 24.7 Å². The van der Waals surface area contributed by atoms with Crippen LogP contribution in [0.3, 0.4) is 0 Å². The van der Waals surface area contributed by atoms with E-state index in [1.54, 1.807) is 0 Å². The Morgan fingerprint density at radius 1 is 1.24 bits per heavy atom. The monoisotopic (exact) mass is 299 g/mol. The third-order valence-corrected chi connectivity index (χ3v) is 2.40. The lowest BCUT2D eigenvalue weighted by atomic mass is 10.2. The van der Waals surface area contributed by atoms with Crippen LogP contribution in [0.25, 0.3) is 0 Å². The summed E-state index contributed by atoms with van der Waals surface area (Å²) in [5, 5.41) is 10.6. The fourth-order valence-corrected chi connectivity index (χ4v) is 1.52. The van der Waals surface area contributed by atoms with Crippen LogP contribution in [0.2, 0.25) is 0 Å². The summed E-state index contributed by atoms with van der Waals surface area (Å²) in [7, 11) is 0. The van der Waals surface area contributed by atoms with Gasteiger partial charge in [-0.25, -0.2) is 0 Å². The molecule has 1 heterocycles. The average Bonchev–Trinajstić information content (AvgIpc) is 2.37. The fraction of sp³-hybridized carbons (Fsp3) is 0.0833. The minimum Gasteiger partial charge on any atom is -0.439 e. The first-order chi connectivity index (χ1) is 9.75. The van der Waals surface area contributed by atoms with Crippen molar-refractivity contribution >= 4 is 11.5 Å². The molecule has 0 saturated carbocycles. The molecule has 2 rings (SSSR count). The Labute approximate surface area is 116 Å². The smallest absolute Gasteiger partial charge is 0.416 e. The van der Waals surface area contributed by atoms with Crippen LogP contribution in [0.5, 0.6) is 11.6 Å². The number of nitrogens with two attached hydrogens (primary N) is 1. The number of ether oxygens (including phenoxy) is 1. The van der Waals surface area contributed by atoms with Gasteiger partial charge in [-0.1, -0.05) is 6.07 Å². The van der Waals surface area contributed by atoms with Gasteiger partial charge in [-0.15, -0.1) is 0 Å². The summed E-state index contributed by atoms with van der Waals surface area (Å²) < 4.78 is 43.0. The third kappa shape index (κ3) is 3.59. The molecule has 0 bridgehead atoms. The number of hydrogen-bond donors (Lipinski definition) is 1. The summed E-state index contributed by atoms with van der Waals surface area (Å²) >= 11 is 0. The van der Waals surface area contributed by atoms with Crippen molar-refractivity contribution in [1.82, 2.24) is 4.98 Å². The molecule has 0 aliphatic heterocycles. The normalized spacial score (nSPS) is 11.2.